The molecule has 0 aromatic carbocycles. The Morgan fingerprint density at radius 1 is 1.28 bits per heavy atom. The first-order valence-electron chi connectivity index (χ1n) is 7.89. The summed E-state index contributed by atoms with van der Waals surface area (Å²) in [6, 6.07) is 0.762. The maximum Gasteiger partial charge on any atom is 0.00930 e. The maximum atomic E-state index is 3.59. The Morgan fingerprint density at radius 2 is 2.00 bits per heavy atom. The summed E-state index contributed by atoms with van der Waals surface area (Å²) in [6.07, 6.45) is 2.77. The summed E-state index contributed by atoms with van der Waals surface area (Å²) in [5.74, 6) is 2.51. The Labute approximate surface area is 114 Å². The van der Waals surface area contributed by atoms with Gasteiger partial charge in [-0.3, -0.25) is 4.90 Å². The largest absolute Gasteiger partial charge is 0.316 e. The number of hydrogen-bond donors (Lipinski definition) is 1. The fourth-order valence-corrected chi connectivity index (χ4v) is 4.02. The van der Waals surface area contributed by atoms with E-state index >= 15 is 0 Å². The lowest BCUT2D eigenvalue weighted by molar-refractivity contribution is 0.0253. The van der Waals surface area contributed by atoms with Crippen LogP contribution in [-0.4, -0.2) is 37.1 Å². The van der Waals surface area contributed by atoms with Gasteiger partial charge >= 0.3 is 0 Å². The fourth-order valence-electron chi connectivity index (χ4n) is 4.02. The van der Waals surface area contributed by atoms with Crippen LogP contribution in [0.2, 0.25) is 0 Å². The highest BCUT2D eigenvalue weighted by Crippen LogP contribution is 2.38. The molecule has 2 nitrogen and oxygen atoms in total. The Hall–Kier alpha value is -0.0800. The minimum atomic E-state index is 0.519. The van der Waals surface area contributed by atoms with Crippen LogP contribution in [0.25, 0.3) is 0 Å². The number of nitrogens with one attached hydrogen (secondary N) is 1. The van der Waals surface area contributed by atoms with Gasteiger partial charge in [-0.15, -0.1) is 0 Å². The lowest BCUT2D eigenvalue weighted by Gasteiger charge is -2.46. The third-order valence-electron chi connectivity index (χ3n) is 5.74. The molecule has 2 aliphatic rings. The average molecular weight is 252 g/mol. The molecule has 0 bridgehead atoms. The van der Waals surface area contributed by atoms with Crippen molar-refractivity contribution in [2.45, 2.75) is 53.5 Å². The van der Waals surface area contributed by atoms with Crippen molar-refractivity contribution in [3.05, 3.63) is 0 Å². The van der Waals surface area contributed by atoms with Crippen LogP contribution in [0.15, 0.2) is 0 Å². The lowest BCUT2D eigenvalue weighted by Crippen LogP contribution is -2.52. The summed E-state index contributed by atoms with van der Waals surface area (Å²) in [4.78, 5) is 2.78. The molecule has 0 aliphatic carbocycles. The Kier molecular flexibility index (Phi) is 4.38. The van der Waals surface area contributed by atoms with Crippen molar-refractivity contribution in [1.82, 2.24) is 10.2 Å². The second-order valence-electron chi connectivity index (χ2n) is 7.43. The van der Waals surface area contributed by atoms with E-state index in [1.165, 1.54) is 39.0 Å². The third-order valence-corrected chi connectivity index (χ3v) is 5.74. The second-order valence-corrected chi connectivity index (χ2v) is 7.43. The average Bonchev–Trinajstić information content (AvgIpc) is 2.75. The molecular formula is C16H32N2. The monoisotopic (exact) mass is 252 g/mol. The van der Waals surface area contributed by atoms with E-state index in [4.69, 9.17) is 0 Å². The first-order chi connectivity index (χ1) is 8.44. The van der Waals surface area contributed by atoms with Gasteiger partial charge in [-0.05, 0) is 49.5 Å². The fraction of sp³-hybridized carbons (Fsp3) is 1.00. The minimum absolute atomic E-state index is 0.519. The van der Waals surface area contributed by atoms with E-state index in [1.807, 2.05) is 0 Å². The molecule has 2 fully saturated rings. The van der Waals surface area contributed by atoms with E-state index in [-0.39, 0.29) is 0 Å². The summed E-state index contributed by atoms with van der Waals surface area (Å²) >= 11 is 0. The number of hydrogen-bond acceptors (Lipinski definition) is 2. The molecule has 0 radical (unpaired) electrons. The van der Waals surface area contributed by atoms with Gasteiger partial charge in [0.1, 0.15) is 0 Å². The molecule has 0 aromatic rings. The van der Waals surface area contributed by atoms with Gasteiger partial charge in [0.05, 0.1) is 0 Å². The van der Waals surface area contributed by atoms with Gasteiger partial charge in [0, 0.05) is 25.7 Å². The number of likely N-dealkylation sites (tertiary alicyclic amines) is 1. The van der Waals surface area contributed by atoms with Crippen molar-refractivity contribution >= 4 is 0 Å². The van der Waals surface area contributed by atoms with Crippen molar-refractivity contribution in [3.63, 3.8) is 0 Å². The molecule has 2 heterocycles. The van der Waals surface area contributed by atoms with Gasteiger partial charge in [0.2, 0.25) is 0 Å². The Bertz CT molecular complexity index is 268. The molecule has 0 spiro atoms. The maximum absolute atomic E-state index is 3.59. The predicted octanol–water partition coefficient (Wildman–Crippen LogP) is 2.99. The number of nitrogens with zero attached hydrogens (tertiary/aromatic N) is 1. The number of piperidine rings is 1. The minimum Gasteiger partial charge on any atom is -0.316 e. The molecular weight excluding hydrogens is 220 g/mol. The highest BCUT2D eigenvalue weighted by atomic mass is 15.2. The highest BCUT2D eigenvalue weighted by molar-refractivity contribution is 4.95. The van der Waals surface area contributed by atoms with Crippen LogP contribution in [0.3, 0.4) is 0 Å². The Morgan fingerprint density at radius 3 is 2.56 bits per heavy atom. The summed E-state index contributed by atoms with van der Waals surface area (Å²) in [6.45, 7) is 17.2. The van der Waals surface area contributed by atoms with Crippen molar-refractivity contribution < 1.29 is 0 Å². The SMILES string of the molecule is CC1CC(C)C(C)N(CC2(C(C)C)CCNC2)C1. The molecule has 2 saturated heterocycles. The molecule has 0 aromatic heterocycles. The molecule has 2 rings (SSSR count). The van der Waals surface area contributed by atoms with E-state index in [1.54, 1.807) is 0 Å². The highest BCUT2D eigenvalue weighted by Gasteiger charge is 2.41. The zero-order valence-corrected chi connectivity index (χ0v) is 13.0. The van der Waals surface area contributed by atoms with Gasteiger partial charge in [0.25, 0.3) is 0 Å². The predicted molar refractivity (Wildman–Crippen MR) is 78.7 cm³/mol. The Balaban J connectivity index is 2.06. The quantitative estimate of drug-likeness (QED) is 0.831. The van der Waals surface area contributed by atoms with Gasteiger partial charge < -0.3 is 5.32 Å². The van der Waals surface area contributed by atoms with Crippen LogP contribution >= 0.6 is 0 Å². The van der Waals surface area contributed by atoms with Crippen molar-refractivity contribution in [2.75, 3.05) is 26.2 Å². The van der Waals surface area contributed by atoms with E-state index < -0.39 is 0 Å². The first kappa shape index (κ1) is 14.3. The van der Waals surface area contributed by atoms with E-state index in [0.717, 1.165) is 23.8 Å². The molecule has 4 atom stereocenters. The molecule has 4 unspecified atom stereocenters. The van der Waals surface area contributed by atoms with Crippen LogP contribution in [0.1, 0.15) is 47.5 Å². The molecule has 0 saturated carbocycles. The molecule has 1 N–H and O–H groups in total. The zero-order valence-electron chi connectivity index (χ0n) is 13.0. The van der Waals surface area contributed by atoms with Crippen LogP contribution in [0, 0.1) is 23.2 Å². The van der Waals surface area contributed by atoms with Gasteiger partial charge in [-0.25, -0.2) is 0 Å². The van der Waals surface area contributed by atoms with Crippen LogP contribution in [0.5, 0.6) is 0 Å². The summed E-state index contributed by atoms with van der Waals surface area (Å²) in [5, 5.41) is 3.59. The lowest BCUT2D eigenvalue weighted by atomic mass is 9.74. The standard InChI is InChI=1S/C16H32N2/c1-12(2)16(6-7-17-10-16)11-18-9-13(3)8-14(4)15(18)5/h12-15,17H,6-11H2,1-5H3. The van der Waals surface area contributed by atoms with Crippen molar-refractivity contribution in [2.24, 2.45) is 23.2 Å². The van der Waals surface area contributed by atoms with Gasteiger partial charge in [-0.1, -0.05) is 27.7 Å². The molecule has 2 heteroatoms. The molecule has 0 amide bonds. The molecule has 106 valence electrons. The molecule has 18 heavy (non-hydrogen) atoms. The summed E-state index contributed by atoms with van der Waals surface area (Å²) in [7, 11) is 0. The van der Waals surface area contributed by atoms with E-state index in [0.29, 0.717) is 5.41 Å². The third kappa shape index (κ3) is 2.75. The molecule has 2 aliphatic heterocycles. The van der Waals surface area contributed by atoms with Crippen LogP contribution < -0.4 is 5.32 Å². The van der Waals surface area contributed by atoms with E-state index in [9.17, 15) is 0 Å². The summed E-state index contributed by atoms with van der Waals surface area (Å²) < 4.78 is 0. The van der Waals surface area contributed by atoms with E-state index in [2.05, 4.69) is 44.8 Å². The topological polar surface area (TPSA) is 15.3 Å². The van der Waals surface area contributed by atoms with Gasteiger partial charge in [0.15, 0.2) is 0 Å². The zero-order chi connectivity index (χ0) is 13.3. The van der Waals surface area contributed by atoms with Crippen LogP contribution in [0.4, 0.5) is 0 Å². The first-order valence-corrected chi connectivity index (χ1v) is 7.89. The van der Waals surface area contributed by atoms with Crippen LogP contribution in [-0.2, 0) is 0 Å². The number of rotatable bonds is 3. The second kappa shape index (κ2) is 5.50. The van der Waals surface area contributed by atoms with Crippen molar-refractivity contribution in [3.8, 4) is 0 Å². The van der Waals surface area contributed by atoms with Gasteiger partial charge in [-0.2, -0.15) is 0 Å². The summed E-state index contributed by atoms with van der Waals surface area (Å²) in [5.41, 5.74) is 0.519. The normalized spacial score (nSPS) is 42.7. The smallest absolute Gasteiger partial charge is 0.00930 e. The van der Waals surface area contributed by atoms with Crippen molar-refractivity contribution in [1.29, 1.82) is 0 Å².